The third-order valence-corrected chi connectivity index (χ3v) is 4.79. The van der Waals surface area contributed by atoms with E-state index >= 15 is 0 Å². The van der Waals surface area contributed by atoms with E-state index in [1.807, 2.05) is 30.3 Å². The number of halogens is 1. The van der Waals surface area contributed by atoms with Gasteiger partial charge in [-0.05, 0) is 59.1 Å². The van der Waals surface area contributed by atoms with Gasteiger partial charge >= 0.3 is 12.1 Å². The highest BCUT2D eigenvalue weighted by Gasteiger charge is 2.18. The fourth-order valence-electron chi connectivity index (χ4n) is 2.72. The van der Waals surface area contributed by atoms with Crippen molar-refractivity contribution in [3.05, 3.63) is 64.1 Å². The normalized spacial score (nSPS) is 11.5. The Balaban J connectivity index is 1.93. The molecule has 176 valence electrons. The van der Waals surface area contributed by atoms with E-state index in [1.165, 1.54) is 6.21 Å². The number of carbonyl (C=O) groups excluding carboxylic acids is 3. The van der Waals surface area contributed by atoms with Crippen LogP contribution in [0.4, 0.5) is 4.79 Å². The van der Waals surface area contributed by atoms with E-state index in [9.17, 15) is 14.4 Å². The first-order valence-corrected chi connectivity index (χ1v) is 11.1. The highest BCUT2D eigenvalue weighted by atomic mass is 79.9. The molecule has 2 aromatic carbocycles. The summed E-state index contributed by atoms with van der Waals surface area (Å²) in [5.74, 6) is -0.366. The largest absolute Gasteiger partial charge is 0.481 e. The Morgan fingerprint density at radius 3 is 2.45 bits per heavy atom. The van der Waals surface area contributed by atoms with Gasteiger partial charge in [0.1, 0.15) is 5.75 Å². The van der Waals surface area contributed by atoms with Crippen molar-refractivity contribution in [3.8, 4) is 5.75 Å². The fourth-order valence-corrected chi connectivity index (χ4v) is 3.23. The van der Waals surface area contributed by atoms with Crippen LogP contribution in [-0.2, 0) is 19.1 Å². The summed E-state index contributed by atoms with van der Waals surface area (Å²) in [6, 6.07) is 13.7. The fraction of sp³-hybridized carbons (Fsp3) is 0.304. The Labute approximate surface area is 200 Å². The molecule has 0 saturated carbocycles. The van der Waals surface area contributed by atoms with Gasteiger partial charge in [0.05, 0.1) is 36.4 Å². The minimum Gasteiger partial charge on any atom is -0.481 e. The van der Waals surface area contributed by atoms with Crippen molar-refractivity contribution in [2.75, 3.05) is 19.8 Å². The topological polar surface area (TPSA) is 115 Å². The van der Waals surface area contributed by atoms with Crippen LogP contribution in [0.5, 0.6) is 5.75 Å². The van der Waals surface area contributed by atoms with Crippen molar-refractivity contribution in [1.29, 1.82) is 0 Å². The van der Waals surface area contributed by atoms with Gasteiger partial charge in [-0.1, -0.05) is 30.3 Å². The Hall–Kier alpha value is -3.40. The van der Waals surface area contributed by atoms with Gasteiger partial charge in [0, 0.05) is 0 Å². The average molecular weight is 520 g/mol. The first-order valence-electron chi connectivity index (χ1n) is 10.3. The molecule has 2 N–H and O–H groups in total. The average Bonchev–Trinajstić information content (AvgIpc) is 2.79. The summed E-state index contributed by atoms with van der Waals surface area (Å²) >= 11 is 3.37. The molecule has 9 nitrogen and oxygen atoms in total. The number of nitrogens with zero attached hydrogens (tertiary/aromatic N) is 1. The summed E-state index contributed by atoms with van der Waals surface area (Å²) < 4.78 is 15.8. The van der Waals surface area contributed by atoms with Crippen molar-refractivity contribution >= 4 is 40.1 Å². The second-order valence-electron chi connectivity index (χ2n) is 6.61. The van der Waals surface area contributed by atoms with E-state index in [2.05, 4.69) is 31.8 Å². The standard InChI is InChI=1S/C23H26BrN3O6/c1-3-31-22(29)15-33-20-11-10-16(12-18(20)24)14-25-27-21(28)13-19(26-23(30)32-4-2)17-8-6-5-7-9-17/h5-12,14,19H,3-4,13,15H2,1-2H3,(H,26,30)(H,27,28)/b25-14-/t19-/m0/s1. The van der Waals surface area contributed by atoms with Crippen LogP contribution in [0.15, 0.2) is 58.1 Å². The molecule has 0 aliphatic rings. The summed E-state index contributed by atoms with van der Waals surface area (Å²) in [4.78, 5) is 35.6. The van der Waals surface area contributed by atoms with Crippen molar-refractivity contribution in [3.63, 3.8) is 0 Å². The summed E-state index contributed by atoms with van der Waals surface area (Å²) in [7, 11) is 0. The number of hydrogen-bond donors (Lipinski definition) is 2. The lowest BCUT2D eigenvalue weighted by atomic mass is 10.0. The highest BCUT2D eigenvalue weighted by Crippen LogP contribution is 2.25. The predicted molar refractivity (Wildman–Crippen MR) is 126 cm³/mol. The zero-order valence-corrected chi connectivity index (χ0v) is 20.0. The summed E-state index contributed by atoms with van der Waals surface area (Å²) in [6.45, 7) is 3.75. The van der Waals surface area contributed by atoms with Gasteiger partial charge in [-0.25, -0.2) is 15.0 Å². The number of rotatable bonds is 11. The third-order valence-electron chi connectivity index (χ3n) is 4.17. The molecule has 0 fully saturated rings. The monoisotopic (exact) mass is 519 g/mol. The molecule has 0 spiro atoms. The highest BCUT2D eigenvalue weighted by molar-refractivity contribution is 9.10. The van der Waals surface area contributed by atoms with Crippen LogP contribution in [0.1, 0.15) is 37.4 Å². The molecule has 33 heavy (non-hydrogen) atoms. The smallest absolute Gasteiger partial charge is 0.407 e. The molecule has 0 heterocycles. The molecule has 0 aromatic heterocycles. The zero-order chi connectivity index (χ0) is 24.1. The van der Waals surface area contributed by atoms with Crippen LogP contribution in [0.25, 0.3) is 0 Å². The van der Waals surface area contributed by atoms with E-state index in [4.69, 9.17) is 14.2 Å². The van der Waals surface area contributed by atoms with Crippen LogP contribution >= 0.6 is 15.9 Å². The maximum atomic E-state index is 12.4. The Morgan fingerprint density at radius 1 is 1.06 bits per heavy atom. The molecular formula is C23H26BrN3O6. The number of amides is 2. The van der Waals surface area contributed by atoms with Gasteiger partial charge in [-0.15, -0.1) is 0 Å². The molecule has 0 unspecified atom stereocenters. The zero-order valence-electron chi connectivity index (χ0n) is 18.4. The molecule has 0 bridgehead atoms. The van der Waals surface area contributed by atoms with E-state index in [1.54, 1.807) is 32.0 Å². The predicted octanol–water partition coefficient (Wildman–Crippen LogP) is 3.72. The molecule has 0 radical (unpaired) electrons. The van der Waals surface area contributed by atoms with Crippen molar-refractivity contribution in [2.45, 2.75) is 26.3 Å². The van der Waals surface area contributed by atoms with Crippen molar-refractivity contribution in [1.82, 2.24) is 10.7 Å². The number of hydrogen-bond acceptors (Lipinski definition) is 7. The van der Waals surface area contributed by atoms with E-state index in [0.717, 1.165) is 5.56 Å². The molecule has 1 atom stereocenters. The molecule has 0 aliphatic carbocycles. The second-order valence-corrected chi connectivity index (χ2v) is 7.46. The van der Waals surface area contributed by atoms with E-state index < -0.39 is 18.1 Å². The lowest BCUT2D eigenvalue weighted by Crippen LogP contribution is -2.33. The number of ether oxygens (including phenoxy) is 3. The number of benzene rings is 2. The lowest BCUT2D eigenvalue weighted by Gasteiger charge is -2.18. The molecular weight excluding hydrogens is 494 g/mol. The third kappa shape index (κ3) is 9.32. The van der Waals surface area contributed by atoms with Crippen molar-refractivity contribution in [2.24, 2.45) is 5.10 Å². The van der Waals surface area contributed by atoms with Crippen LogP contribution in [0.3, 0.4) is 0 Å². The molecule has 2 aromatic rings. The summed E-state index contributed by atoms with van der Waals surface area (Å²) in [5.41, 5.74) is 3.92. The molecule has 2 amide bonds. The number of nitrogens with one attached hydrogen (secondary N) is 2. The number of hydrazone groups is 1. The lowest BCUT2D eigenvalue weighted by molar-refractivity contribution is -0.145. The minimum absolute atomic E-state index is 0.0233. The van der Waals surface area contributed by atoms with Gasteiger partial charge in [0.25, 0.3) is 0 Å². The van der Waals surface area contributed by atoms with Crippen LogP contribution < -0.4 is 15.5 Å². The first-order chi connectivity index (χ1) is 15.9. The van der Waals surface area contributed by atoms with Crippen molar-refractivity contribution < 1.29 is 28.6 Å². The summed E-state index contributed by atoms with van der Waals surface area (Å²) in [6.07, 6.45) is 0.844. The Kier molecular flexibility index (Phi) is 10.9. The molecule has 10 heteroatoms. The molecule has 0 aliphatic heterocycles. The maximum Gasteiger partial charge on any atom is 0.407 e. The quantitative estimate of drug-likeness (QED) is 0.265. The molecule has 0 saturated heterocycles. The van der Waals surface area contributed by atoms with E-state index in [-0.39, 0.29) is 32.1 Å². The van der Waals surface area contributed by atoms with Gasteiger partial charge in [0.15, 0.2) is 6.61 Å². The van der Waals surface area contributed by atoms with Crippen LogP contribution in [0.2, 0.25) is 0 Å². The van der Waals surface area contributed by atoms with E-state index in [0.29, 0.717) is 15.8 Å². The Bertz CT molecular complexity index is 968. The first kappa shape index (κ1) is 25.9. The SMILES string of the molecule is CCOC(=O)COc1ccc(/C=N\NC(=O)C[C@H](NC(=O)OCC)c2ccccc2)cc1Br. The number of carbonyl (C=O) groups is 3. The maximum absolute atomic E-state index is 12.4. The van der Waals surface area contributed by atoms with Crippen LogP contribution in [0, 0.1) is 0 Å². The van der Waals surface area contributed by atoms with Gasteiger partial charge in [-0.3, -0.25) is 4.79 Å². The number of esters is 1. The molecule has 2 rings (SSSR count). The second kappa shape index (κ2) is 13.9. The number of alkyl carbamates (subject to hydrolysis) is 1. The van der Waals surface area contributed by atoms with Gasteiger partial charge in [-0.2, -0.15) is 5.10 Å². The minimum atomic E-state index is -0.599. The van der Waals surface area contributed by atoms with Gasteiger partial charge < -0.3 is 19.5 Å². The summed E-state index contributed by atoms with van der Waals surface area (Å²) in [5, 5.41) is 6.66. The van der Waals surface area contributed by atoms with Crippen LogP contribution in [-0.4, -0.2) is 44.0 Å². The van der Waals surface area contributed by atoms with Gasteiger partial charge in [0.2, 0.25) is 5.91 Å². The Morgan fingerprint density at radius 2 is 1.79 bits per heavy atom.